The molecule has 0 radical (unpaired) electrons. The minimum absolute atomic E-state index is 0.0385. The van der Waals surface area contributed by atoms with E-state index >= 15 is 4.39 Å². The second-order valence-electron chi connectivity index (χ2n) is 16.8. The molecule has 1 fully saturated rings. The van der Waals surface area contributed by atoms with Crippen molar-refractivity contribution in [2.24, 2.45) is 0 Å². The number of esters is 2. The molecule has 16 heteroatoms. The number of carbonyl (C=O) groups excluding carboxylic acids is 4. The third kappa shape index (κ3) is 10.7. The lowest BCUT2D eigenvalue weighted by Crippen LogP contribution is -2.71. The van der Waals surface area contributed by atoms with Crippen LogP contribution in [0.2, 0.25) is 0 Å². The van der Waals surface area contributed by atoms with Gasteiger partial charge in [0, 0.05) is 15.6 Å². The van der Waals surface area contributed by atoms with Crippen LogP contribution in [0.4, 0.5) is 9.52 Å². The monoisotopic (exact) mass is 1110 g/mol. The maximum absolute atomic E-state index is 15.4. The quantitative estimate of drug-likeness (QED) is 0.0247. The van der Waals surface area contributed by atoms with E-state index in [1.807, 2.05) is 103 Å². The van der Waals surface area contributed by atoms with Gasteiger partial charge in [-0.15, -0.1) is 23.1 Å². The van der Waals surface area contributed by atoms with E-state index in [0.29, 0.717) is 37.8 Å². The number of amides is 2. The van der Waals surface area contributed by atoms with E-state index in [1.54, 1.807) is 85.3 Å². The van der Waals surface area contributed by atoms with Gasteiger partial charge in [-0.1, -0.05) is 186 Å². The Balaban J connectivity index is 1.02. The van der Waals surface area contributed by atoms with E-state index < -0.39 is 65.7 Å². The van der Waals surface area contributed by atoms with Crippen molar-refractivity contribution in [2.75, 3.05) is 29.3 Å². The van der Waals surface area contributed by atoms with Gasteiger partial charge in [-0.05, 0) is 51.1 Å². The highest BCUT2D eigenvalue weighted by atomic mass is 127. The number of ether oxygens (including phenoxy) is 4. The Kier molecular flexibility index (Phi) is 16.1. The highest BCUT2D eigenvalue weighted by Gasteiger charge is 2.55. The lowest BCUT2D eigenvalue weighted by atomic mass is 9.77. The van der Waals surface area contributed by atoms with Crippen molar-refractivity contribution < 1.29 is 42.5 Å². The first-order valence-electron chi connectivity index (χ1n) is 23.0. The number of thiazole rings is 1. The zero-order valence-corrected chi connectivity index (χ0v) is 42.6. The summed E-state index contributed by atoms with van der Waals surface area (Å²) in [6.07, 6.45) is -4.55. The molecule has 4 atom stereocenters. The Labute approximate surface area is 438 Å². The summed E-state index contributed by atoms with van der Waals surface area (Å²) in [4.78, 5) is 63.3. The van der Waals surface area contributed by atoms with Crippen molar-refractivity contribution >= 4 is 74.6 Å². The lowest BCUT2D eigenvalue weighted by Gasteiger charge is -2.49. The lowest BCUT2D eigenvalue weighted by molar-refractivity contribution is -0.170. The molecule has 0 bridgehead atoms. The van der Waals surface area contributed by atoms with Crippen LogP contribution in [0.15, 0.2) is 193 Å². The number of rotatable bonds is 20. The van der Waals surface area contributed by atoms with E-state index in [9.17, 15) is 19.2 Å². The van der Waals surface area contributed by atoms with E-state index in [1.165, 1.54) is 28.0 Å². The molecule has 12 nitrogen and oxygen atoms in total. The molecule has 1 aromatic heterocycles. The molecule has 0 spiro atoms. The third-order valence-electron chi connectivity index (χ3n) is 12.3. The molecule has 1 saturated heterocycles. The summed E-state index contributed by atoms with van der Waals surface area (Å²) in [6, 6.07) is 53.7. The summed E-state index contributed by atoms with van der Waals surface area (Å²) in [6.45, 7) is -1.39. The fourth-order valence-electron chi connectivity index (χ4n) is 8.71. The fourth-order valence-corrected chi connectivity index (χ4v) is 11.8. The molecule has 6 aromatic carbocycles. The number of nitrogens with zero attached hydrogens (tertiary/aromatic N) is 2. The summed E-state index contributed by atoms with van der Waals surface area (Å²) in [5.41, 5.74) is 4.60. The maximum Gasteiger partial charge on any atom is 0.355 e. The highest BCUT2D eigenvalue weighted by molar-refractivity contribution is 14.1. The van der Waals surface area contributed by atoms with Gasteiger partial charge in [0.15, 0.2) is 23.4 Å². The van der Waals surface area contributed by atoms with E-state index in [4.69, 9.17) is 23.9 Å². The van der Waals surface area contributed by atoms with Gasteiger partial charge in [0.2, 0.25) is 0 Å². The summed E-state index contributed by atoms with van der Waals surface area (Å²) in [5, 5.41) is 7.82. The number of benzene rings is 6. The van der Waals surface area contributed by atoms with Gasteiger partial charge < -0.3 is 29.6 Å². The predicted octanol–water partition coefficient (Wildman–Crippen LogP) is 10.1. The summed E-state index contributed by atoms with van der Waals surface area (Å²) >= 11 is 4.72. The van der Waals surface area contributed by atoms with Crippen LogP contribution >= 0.6 is 45.7 Å². The Morgan fingerprint density at radius 1 is 0.792 bits per heavy atom. The first kappa shape index (κ1) is 50.1. The van der Waals surface area contributed by atoms with Crippen LogP contribution in [-0.4, -0.2) is 75.1 Å². The van der Waals surface area contributed by atoms with Gasteiger partial charge in [0.1, 0.15) is 41.7 Å². The number of β-lactam (4-membered cyclic amide) rings is 1. The Bertz CT molecular complexity index is 2870. The van der Waals surface area contributed by atoms with Crippen molar-refractivity contribution in [3.63, 3.8) is 0 Å². The number of alkyl halides is 2. The number of methoxy groups -OCH3 is 1. The first-order valence-corrected chi connectivity index (χ1v) is 26.4. The molecule has 2 aliphatic heterocycles. The minimum atomic E-state index is -1.90. The second-order valence-corrected chi connectivity index (χ2v) is 19.5. The van der Waals surface area contributed by atoms with Crippen molar-refractivity contribution in [3.05, 3.63) is 232 Å². The predicted molar refractivity (Wildman–Crippen MR) is 283 cm³/mol. The molecule has 72 heavy (non-hydrogen) atoms. The number of fused-ring (bicyclic) bond motifs is 1. The van der Waals surface area contributed by atoms with E-state index in [0.717, 1.165) is 22.3 Å². The molecule has 366 valence electrons. The average Bonchev–Trinajstić information content (AvgIpc) is 3.91. The van der Waals surface area contributed by atoms with Gasteiger partial charge in [-0.2, -0.15) is 0 Å². The van der Waals surface area contributed by atoms with Gasteiger partial charge in [-0.3, -0.25) is 14.5 Å². The van der Waals surface area contributed by atoms with Crippen molar-refractivity contribution in [1.29, 1.82) is 0 Å². The van der Waals surface area contributed by atoms with Crippen LogP contribution in [0.25, 0.3) is 0 Å². The molecular formula is C56H48FIN4O8S2. The molecule has 2 amide bonds. The standard InChI is InChI=1S/C56H48FIN4O8S2/c1-67-43-29-27-36(28-30-43)33-68-54(66)47-39(32-58)34-71-52-46(51(64)62(47)52)60-50(63)49(69-45(31-57)53(65)70-48(37-17-7-2-8-18-37)38-19-9-3-10-20-38)44-35-72-55(59-44)61-56(40-21-11-4-12-22-40,41-23-13-5-14-24-41)42-25-15-6-16-26-42/h2-30,35,45-46,48-49,52H,31-34H2,1H3,(H,59,61)(H,60,63)/t45?,46?,49?,52-/m1/s1. The molecule has 2 N–H and O–H groups in total. The number of carbonyl (C=O) groups is 4. The summed E-state index contributed by atoms with van der Waals surface area (Å²) in [7, 11) is 1.56. The highest BCUT2D eigenvalue weighted by Crippen LogP contribution is 2.43. The molecule has 2 aliphatic rings. The minimum Gasteiger partial charge on any atom is -0.497 e. The zero-order valence-electron chi connectivity index (χ0n) is 38.8. The van der Waals surface area contributed by atoms with E-state index in [-0.39, 0.29) is 18.0 Å². The van der Waals surface area contributed by atoms with Crippen LogP contribution < -0.4 is 15.4 Å². The first-order chi connectivity index (χ1) is 35.2. The van der Waals surface area contributed by atoms with Crippen molar-refractivity contribution in [1.82, 2.24) is 15.2 Å². The number of halogens is 2. The molecule has 0 saturated carbocycles. The maximum atomic E-state index is 15.4. The second kappa shape index (κ2) is 23.1. The molecule has 3 unspecified atom stereocenters. The van der Waals surface area contributed by atoms with Gasteiger partial charge in [0.25, 0.3) is 11.8 Å². The number of hydrogen-bond donors (Lipinski definition) is 2. The van der Waals surface area contributed by atoms with Gasteiger partial charge in [-0.25, -0.2) is 19.0 Å². The molecule has 9 rings (SSSR count). The molecule has 3 heterocycles. The SMILES string of the molecule is COc1ccc(COC(=O)C2=C(CI)CS[C@@H]3C(NC(=O)C(OC(CF)C(=O)OC(c4ccccc4)c4ccccc4)c4csc(NC(c5ccccc5)(c5ccccc5)c5ccccc5)n4)C(=O)N23)cc1. The van der Waals surface area contributed by atoms with Crippen LogP contribution in [-0.2, 0) is 45.5 Å². The topological polar surface area (TPSA) is 145 Å². The van der Waals surface area contributed by atoms with Crippen molar-refractivity contribution in [2.45, 2.75) is 41.9 Å². The summed E-state index contributed by atoms with van der Waals surface area (Å²) in [5.74, 6) is -2.08. The van der Waals surface area contributed by atoms with Crippen molar-refractivity contribution in [3.8, 4) is 5.75 Å². The Morgan fingerprint density at radius 2 is 1.33 bits per heavy atom. The van der Waals surface area contributed by atoms with Crippen LogP contribution in [0.1, 0.15) is 51.3 Å². The average molecular weight is 1120 g/mol. The van der Waals surface area contributed by atoms with Gasteiger partial charge in [0.05, 0.1) is 12.8 Å². The summed E-state index contributed by atoms with van der Waals surface area (Å²) < 4.78 is 39.1. The van der Waals surface area contributed by atoms with E-state index in [2.05, 4.69) is 33.2 Å². The molecule has 7 aromatic rings. The molecule has 0 aliphatic carbocycles. The largest absolute Gasteiger partial charge is 0.497 e. The Hall–Kier alpha value is -6.86. The number of anilines is 1. The number of aromatic nitrogens is 1. The molecular weight excluding hydrogens is 1070 g/mol. The zero-order chi connectivity index (χ0) is 50.0. The number of thioether (sulfide) groups is 1. The van der Waals surface area contributed by atoms with Crippen LogP contribution in [0.3, 0.4) is 0 Å². The van der Waals surface area contributed by atoms with Crippen LogP contribution in [0, 0.1) is 0 Å². The third-order valence-corrected chi connectivity index (χ3v) is 15.4. The number of hydrogen-bond acceptors (Lipinski definition) is 12. The Morgan fingerprint density at radius 3 is 1.85 bits per heavy atom. The smallest absolute Gasteiger partial charge is 0.355 e. The number of nitrogens with one attached hydrogen (secondary N) is 2. The van der Waals surface area contributed by atoms with Gasteiger partial charge >= 0.3 is 11.9 Å². The van der Waals surface area contributed by atoms with Crippen LogP contribution in [0.5, 0.6) is 5.75 Å². The fraction of sp³-hybridized carbons (Fsp3) is 0.196. The normalized spacial score (nSPS) is 16.2.